The van der Waals surface area contributed by atoms with Gasteiger partial charge in [0.15, 0.2) is 0 Å². The van der Waals surface area contributed by atoms with Gasteiger partial charge in [0.2, 0.25) is 15.9 Å². The summed E-state index contributed by atoms with van der Waals surface area (Å²) in [7, 11) is -3.16. The summed E-state index contributed by atoms with van der Waals surface area (Å²) in [5.74, 6) is -0.0799. The second-order valence-electron chi connectivity index (χ2n) is 5.23. The Bertz CT molecular complexity index is 627. The third kappa shape index (κ3) is 4.41. The third-order valence-electron chi connectivity index (χ3n) is 3.52. The molecule has 114 valence electrons. The first kappa shape index (κ1) is 15.7. The van der Waals surface area contributed by atoms with Crippen molar-refractivity contribution in [1.29, 1.82) is 0 Å². The largest absolute Gasteiger partial charge is 0.337 e. The first-order chi connectivity index (χ1) is 9.86. The van der Waals surface area contributed by atoms with Gasteiger partial charge in [-0.2, -0.15) is 4.31 Å². The normalized spacial score (nSPS) is 17.3. The van der Waals surface area contributed by atoms with Crippen molar-refractivity contribution in [3.63, 3.8) is 0 Å². The molecular weight excluding hydrogens is 288 g/mol. The van der Waals surface area contributed by atoms with Gasteiger partial charge in [0, 0.05) is 32.3 Å². The van der Waals surface area contributed by atoms with E-state index in [0.29, 0.717) is 26.2 Å². The highest BCUT2D eigenvalue weighted by Gasteiger charge is 2.24. The second kappa shape index (κ2) is 6.41. The number of rotatable bonds is 3. The minimum atomic E-state index is -3.16. The van der Waals surface area contributed by atoms with Crippen molar-refractivity contribution >= 4 is 22.0 Å². The van der Waals surface area contributed by atoms with Gasteiger partial charge in [0.25, 0.3) is 0 Å². The van der Waals surface area contributed by atoms with E-state index in [1.807, 2.05) is 31.2 Å². The summed E-state index contributed by atoms with van der Waals surface area (Å²) in [5.41, 5.74) is 2.15. The number of carbonyl (C=O) groups is 1. The Morgan fingerprint density at radius 2 is 1.67 bits per heavy atom. The first-order valence-electron chi connectivity index (χ1n) is 6.85. The molecule has 0 spiro atoms. The molecule has 6 heteroatoms. The van der Waals surface area contributed by atoms with Crippen molar-refractivity contribution in [2.75, 3.05) is 32.4 Å². The Balaban J connectivity index is 1.92. The Labute approximate surface area is 125 Å². The summed E-state index contributed by atoms with van der Waals surface area (Å²) in [5, 5.41) is 0. The van der Waals surface area contributed by atoms with Crippen molar-refractivity contribution in [2.24, 2.45) is 0 Å². The van der Waals surface area contributed by atoms with Gasteiger partial charge in [-0.25, -0.2) is 8.42 Å². The lowest BCUT2D eigenvalue weighted by Gasteiger charge is -2.32. The average Bonchev–Trinajstić information content (AvgIpc) is 2.45. The number of nitrogens with zero attached hydrogens (tertiary/aromatic N) is 2. The van der Waals surface area contributed by atoms with Crippen LogP contribution in [0.5, 0.6) is 0 Å². The number of carbonyl (C=O) groups excluding carboxylic acids is 1. The SMILES string of the molecule is Cc1ccc(/C=C/C(=O)N2CCN(S(C)(=O)=O)CC2)cc1. The molecule has 5 nitrogen and oxygen atoms in total. The van der Waals surface area contributed by atoms with Crippen molar-refractivity contribution in [3.8, 4) is 0 Å². The molecule has 0 aromatic heterocycles. The lowest BCUT2D eigenvalue weighted by atomic mass is 10.1. The minimum absolute atomic E-state index is 0.0799. The van der Waals surface area contributed by atoms with Crippen molar-refractivity contribution in [1.82, 2.24) is 9.21 Å². The number of amides is 1. The second-order valence-corrected chi connectivity index (χ2v) is 7.21. The molecule has 1 aliphatic rings. The zero-order valence-electron chi connectivity index (χ0n) is 12.3. The summed E-state index contributed by atoms with van der Waals surface area (Å²) in [6, 6.07) is 7.91. The van der Waals surface area contributed by atoms with Crippen molar-refractivity contribution in [2.45, 2.75) is 6.92 Å². The molecule has 0 N–H and O–H groups in total. The van der Waals surface area contributed by atoms with Gasteiger partial charge in [-0.05, 0) is 18.6 Å². The van der Waals surface area contributed by atoms with Crippen LogP contribution in [0.1, 0.15) is 11.1 Å². The molecular formula is C15H20N2O3S. The van der Waals surface area contributed by atoms with Gasteiger partial charge < -0.3 is 4.90 Å². The van der Waals surface area contributed by atoms with Gasteiger partial charge in [-0.3, -0.25) is 4.79 Å². The molecule has 0 unspecified atom stereocenters. The molecule has 0 aliphatic carbocycles. The minimum Gasteiger partial charge on any atom is -0.337 e. The van der Waals surface area contributed by atoms with Crippen LogP contribution < -0.4 is 0 Å². The fraction of sp³-hybridized carbons (Fsp3) is 0.400. The van der Waals surface area contributed by atoms with Crippen LogP contribution in [0.3, 0.4) is 0 Å². The Morgan fingerprint density at radius 3 is 2.19 bits per heavy atom. The summed E-state index contributed by atoms with van der Waals surface area (Å²) in [4.78, 5) is 13.7. The Hall–Kier alpha value is -1.66. The summed E-state index contributed by atoms with van der Waals surface area (Å²) >= 11 is 0. The molecule has 2 rings (SSSR count). The van der Waals surface area contributed by atoms with E-state index in [1.165, 1.54) is 16.1 Å². The van der Waals surface area contributed by atoms with Gasteiger partial charge in [-0.1, -0.05) is 29.8 Å². The standard InChI is InChI=1S/C15H20N2O3S/c1-13-3-5-14(6-4-13)7-8-15(18)16-9-11-17(12-10-16)21(2,19)20/h3-8H,9-12H2,1-2H3/b8-7+. The fourth-order valence-corrected chi connectivity index (χ4v) is 3.02. The number of piperazine rings is 1. The highest BCUT2D eigenvalue weighted by atomic mass is 32.2. The van der Waals surface area contributed by atoms with E-state index < -0.39 is 10.0 Å². The van der Waals surface area contributed by atoms with Crippen LogP contribution in [-0.4, -0.2) is 56.0 Å². The zero-order valence-corrected chi connectivity index (χ0v) is 13.1. The molecule has 0 bridgehead atoms. The van der Waals surface area contributed by atoms with E-state index in [1.54, 1.807) is 17.1 Å². The topological polar surface area (TPSA) is 57.7 Å². The maximum atomic E-state index is 12.1. The van der Waals surface area contributed by atoms with Gasteiger partial charge in [0.05, 0.1) is 6.26 Å². The molecule has 1 fully saturated rings. The van der Waals surface area contributed by atoms with E-state index in [2.05, 4.69) is 0 Å². The maximum absolute atomic E-state index is 12.1. The molecule has 1 aromatic carbocycles. The highest BCUT2D eigenvalue weighted by molar-refractivity contribution is 7.88. The van der Waals surface area contributed by atoms with Gasteiger partial charge >= 0.3 is 0 Å². The zero-order chi connectivity index (χ0) is 15.5. The summed E-state index contributed by atoms with van der Waals surface area (Å²) < 4.78 is 24.2. The molecule has 21 heavy (non-hydrogen) atoms. The first-order valence-corrected chi connectivity index (χ1v) is 8.70. The summed E-state index contributed by atoms with van der Waals surface area (Å²) in [6.45, 7) is 3.61. The van der Waals surface area contributed by atoms with Gasteiger partial charge in [-0.15, -0.1) is 0 Å². The average molecular weight is 308 g/mol. The number of aryl methyl sites for hydroxylation is 1. The molecule has 1 aliphatic heterocycles. The van der Waals surface area contributed by atoms with Crippen LogP contribution >= 0.6 is 0 Å². The van der Waals surface area contributed by atoms with Crippen LogP contribution in [0.4, 0.5) is 0 Å². The van der Waals surface area contributed by atoms with Crippen LogP contribution in [0.25, 0.3) is 6.08 Å². The van der Waals surface area contributed by atoms with Crippen LogP contribution in [0.15, 0.2) is 30.3 Å². The number of benzene rings is 1. The van der Waals surface area contributed by atoms with Crippen LogP contribution in [-0.2, 0) is 14.8 Å². The molecule has 1 aromatic rings. The third-order valence-corrected chi connectivity index (χ3v) is 4.82. The molecule has 1 heterocycles. The van der Waals surface area contributed by atoms with E-state index in [-0.39, 0.29) is 5.91 Å². The monoisotopic (exact) mass is 308 g/mol. The lowest BCUT2D eigenvalue weighted by Crippen LogP contribution is -2.49. The van der Waals surface area contributed by atoms with Crippen LogP contribution in [0.2, 0.25) is 0 Å². The smallest absolute Gasteiger partial charge is 0.246 e. The lowest BCUT2D eigenvalue weighted by molar-refractivity contribution is -0.127. The molecule has 0 atom stereocenters. The predicted molar refractivity (Wildman–Crippen MR) is 83.2 cm³/mol. The molecule has 1 amide bonds. The Kier molecular flexibility index (Phi) is 4.80. The number of hydrogen-bond acceptors (Lipinski definition) is 3. The number of sulfonamides is 1. The van der Waals surface area contributed by atoms with E-state index in [9.17, 15) is 13.2 Å². The van der Waals surface area contributed by atoms with E-state index in [4.69, 9.17) is 0 Å². The van der Waals surface area contributed by atoms with E-state index in [0.717, 1.165) is 5.56 Å². The highest BCUT2D eigenvalue weighted by Crippen LogP contribution is 2.08. The summed E-state index contributed by atoms with van der Waals surface area (Å²) in [6.07, 6.45) is 4.52. The molecule has 0 saturated carbocycles. The van der Waals surface area contributed by atoms with Gasteiger partial charge in [0.1, 0.15) is 0 Å². The molecule has 1 saturated heterocycles. The van der Waals surface area contributed by atoms with E-state index >= 15 is 0 Å². The quantitative estimate of drug-likeness (QED) is 0.786. The number of hydrogen-bond donors (Lipinski definition) is 0. The van der Waals surface area contributed by atoms with Crippen molar-refractivity contribution in [3.05, 3.63) is 41.5 Å². The van der Waals surface area contributed by atoms with Crippen LogP contribution in [0, 0.1) is 6.92 Å². The fourth-order valence-electron chi connectivity index (χ4n) is 2.19. The van der Waals surface area contributed by atoms with Crippen molar-refractivity contribution < 1.29 is 13.2 Å². The Morgan fingerprint density at radius 1 is 1.10 bits per heavy atom. The maximum Gasteiger partial charge on any atom is 0.246 e. The predicted octanol–water partition coefficient (Wildman–Crippen LogP) is 1.11. The molecule has 0 radical (unpaired) electrons.